The van der Waals surface area contributed by atoms with Crippen molar-refractivity contribution in [3.05, 3.63) is 35.7 Å². The number of carboxylic acid groups (broad SMARTS) is 1. The third-order valence-electron chi connectivity index (χ3n) is 3.87. The van der Waals surface area contributed by atoms with Gasteiger partial charge in [0.15, 0.2) is 11.6 Å². The first kappa shape index (κ1) is 22.3. The summed E-state index contributed by atoms with van der Waals surface area (Å²) in [6, 6.07) is 7.72. The van der Waals surface area contributed by atoms with Crippen LogP contribution in [0, 0.1) is 0 Å². The molecular weight excluding hydrogens is 348 g/mol. The number of carbonyl (C=O) groups excluding carboxylic acids is 1. The van der Waals surface area contributed by atoms with Crippen LogP contribution in [-0.4, -0.2) is 56.3 Å². The van der Waals surface area contributed by atoms with Crippen molar-refractivity contribution >= 4 is 12.4 Å². The van der Waals surface area contributed by atoms with Crippen molar-refractivity contribution in [2.45, 2.75) is 46.4 Å². The predicted octanol–water partition coefficient (Wildman–Crippen LogP) is 2.59. The van der Waals surface area contributed by atoms with Gasteiger partial charge in [0.2, 0.25) is 0 Å². The lowest BCUT2D eigenvalue weighted by molar-refractivity contribution is -0.122. The van der Waals surface area contributed by atoms with E-state index in [9.17, 15) is 4.79 Å². The molecular formula is C19H28N4O4. The molecule has 0 unspecified atom stereocenters. The standard InChI is InChI=1S/C18H26N4O2.CH2O2/c1-12(2)22(13(3)4)18(23)15-10-8-7-9-14(15)17-19-16(11-24-6)21(5)20-17;2-1-3/h7-10,12-13H,11H2,1-6H3;1H,(H,2,3). The monoisotopic (exact) mass is 376 g/mol. The molecule has 0 spiro atoms. The van der Waals surface area contributed by atoms with Gasteiger partial charge in [0.05, 0.1) is 5.56 Å². The van der Waals surface area contributed by atoms with Gasteiger partial charge in [0.25, 0.3) is 12.4 Å². The van der Waals surface area contributed by atoms with Crippen LogP contribution in [0.25, 0.3) is 11.4 Å². The molecule has 0 aliphatic heterocycles. The van der Waals surface area contributed by atoms with Crippen molar-refractivity contribution in [2.75, 3.05) is 7.11 Å². The van der Waals surface area contributed by atoms with E-state index in [1.807, 2.05) is 63.9 Å². The minimum absolute atomic E-state index is 0.00338. The smallest absolute Gasteiger partial charge is 0.290 e. The Morgan fingerprint density at radius 3 is 2.33 bits per heavy atom. The molecule has 8 nitrogen and oxygen atoms in total. The van der Waals surface area contributed by atoms with Gasteiger partial charge in [-0.1, -0.05) is 18.2 Å². The molecule has 0 bridgehead atoms. The molecule has 0 saturated carbocycles. The van der Waals surface area contributed by atoms with E-state index in [1.54, 1.807) is 11.8 Å². The summed E-state index contributed by atoms with van der Waals surface area (Å²) in [6.45, 7) is 8.22. The van der Waals surface area contributed by atoms with Crippen molar-refractivity contribution in [1.82, 2.24) is 19.7 Å². The largest absolute Gasteiger partial charge is 0.483 e. The van der Waals surface area contributed by atoms with E-state index in [1.165, 1.54) is 0 Å². The van der Waals surface area contributed by atoms with Gasteiger partial charge in [-0.05, 0) is 33.8 Å². The Labute approximate surface area is 159 Å². The molecule has 0 fully saturated rings. The summed E-state index contributed by atoms with van der Waals surface area (Å²) in [5, 5.41) is 11.3. The second-order valence-corrected chi connectivity index (χ2v) is 6.46. The fraction of sp³-hybridized carbons (Fsp3) is 0.474. The minimum Gasteiger partial charge on any atom is -0.483 e. The van der Waals surface area contributed by atoms with Crippen LogP contribution in [0.3, 0.4) is 0 Å². The van der Waals surface area contributed by atoms with Crippen molar-refractivity contribution in [1.29, 1.82) is 0 Å². The van der Waals surface area contributed by atoms with Crippen molar-refractivity contribution in [3.63, 3.8) is 0 Å². The Hall–Kier alpha value is -2.74. The summed E-state index contributed by atoms with van der Waals surface area (Å²) in [4.78, 5) is 27.8. The number of carbonyl (C=O) groups is 2. The number of rotatable bonds is 6. The molecule has 148 valence electrons. The van der Waals surface area contributed by atoms with Crippen LogP contribution in [0.5, 0.6) is 0 Å². The van der Waals surface area contributed by atoms with Crippen LogP contribution in [0.15, 0.2) is 24.3 Å². The summed E-state index contributed by atoms with van der Waals surface area (Å²) in [6.07, 6.45) is 0. The summed E-state index contributed by atoms with van der Waals surface area (Å²) < 4.78 is 6.82. The number of aromatic nitrogens is 3. The van der Waals surface area contributed by atoms with Gasteiger partial charge in [-0.25, -0.2) is 4.98 Å². The Morgan fingerprint density at radius 2 is 1.81 bits per heavy atom. The summed E-state index contributed by atoms with van der Waals surface area (Å²) in [5.74, 6) is 1.26. The third kappa shape index (κ3) is 5.62. The van der Waals surface area contributed by atoms with Crippen LogP contribution in [0.2, 0.25) is 0 Å². The van der Waals surface area contributed by atoms with E-state index in [-0.39, 0.29) is 24.5 Å². The molecule has 2 rings (SSSR count). The first-order chi connectivity index (χ1) is 12.8. The zero-order valence-electron chi connectivity index (χ0n) is 16.7. The van der Waals surface area contributed by atoms with Crippen LogP contribution < -0.4 is 0 Å². The van der Waals surface area contributed by atoms with E-state index in [4.69, 9.17) is 14.6 Å². The molecule has 1 heterocycles. The fourth-order valence-corrected chi connectivity index (χ4v) is 2.85. The predicted molar refractivity (Wildman–Crippen MR) is 102 cm³/mol. The molecule has 0 aliphatic carbocycles. The highest BCUT2D eigenvalue weighted by Gasteiger charge is 2.25. The lowest BCUT2D eigenvalue weighted by Crippen LogP contribution is -2.42. The van der Waals surface area contributed by atoms with Gasteiger partial charge in [0.1, 0.15) is 6.61 Å². The van der Waals surface area contributed by atoms with E-state index in [2.05, 4.69) is 10.1 Å². The average molecular weight is 376 g/mol. The summed E-state index contributed by atoms with van der Waals surface area (Å²) >= 11 is 0. The molecule has 8 heteroatoms. The highest BCUT2D eigenvalue weighted by atomic mass is 16.5. The molecule has 2 aromatic rings. The van der Waals surface area contributed by atoms with Gasteiger partial charge in [-0.15, -0.1) is 0 Å². The number of ether oxygens (including phenoxy) is 1. The Bertz CT molecular complexity index is 748. The van der Waals surface area contributed by atoms with Gasteiger partial charge >= 0.3 is 0 Å². The second-order valence-electron chi connectivity index (χ2n) is 6.46. The molecule has 1 aromatic heterocycles. The molecule has 1 aromatic carbocycles. The molecule has 1 N–H and O–H groups in total. The van der Waals surface area contributed by atoms with Gasteiger partial charge in [0, 0.05) is 31.8 Å². The fourth-order valence-electron chi connectivity index (χ4n) is 2.85. The number of aryl methyl sites for hydroxylation is 1. The van der Waals surface area contributed by atoms with E-state index >= 15 is 0 Å². The number of hydrogen-bond acceptors (Lipinski definition) is 5. The lowest BCUT2D eigenvalue weighted by Gasteiger charge is -2.31. The molecule has 0 saturated heterocycles. The van der Waals surface area contributed by atoms with E-state index in [0.717, 1.165) is 11.4 Å². The first-order valence-electron chi connectivity index (χ1n) is 8.67. The van der Waals surface area contributed by atoms with Gasteiger partial charge in [-0.2, -0.15) is 5.10 Å². The number of amides is 1. The zero-order valence-corrected chi connectivity index (χ0v) is 16.7. The topological polar surface area (TPSA) is 97.5 Å². The number of nitrogens with zero attached hydrogens (tertiary/aromatic N) is 4. The minimum atomic E-state index is -0.250. The number of methoxy groups -OCH3 is 1. The second kappa shape index (κ2) is 10.4. The molecule has 27 heavy (non-hydrogen) atoms. The number of benzene rings is 1. The quantitative estimate of drug-likeness (QED) is 0.778. The summed E-state index contributed by atoms with van der Waals surface area (Å²) in [7, 11) is 3.44. The van der Waals surface area contributed by atoms with Crippen LogP contribution in [-0.2, 0) is 23.2 Å². The highest BCUT2D eigenvalue weighted by molar-refractivity contribution is 6.00. The third-order valence-corrected chi connectivity index (χ3v) is 3.87. The van der Waals surface area contributed by atoms with Crippen LogP contribution in [0.4, 0.5) is 0 Å². The van der Waals surface area contributed by atoms with E-state index < -0.39 is 0 Å². The molecule has 0 aliphatic rings. The first-order valence-corrected chi connectivity index (χ1v) is 8.67. The van der Waals surface area contributed by atoms with Crippen molar-refractivity contribution < 1.29 is 19.4 Å². The maximum absolute atomic E-state index is 13.1. The maximum atomic E-state index is 13.1. The SMILES string of the molecule is COCc1nc(-c2ccccc2C(=O)N(C(C)C)C(C)C)nn1C.O=CO. The summed E-state index contributed by atoms with van der Waals surface area (Å²) in [5.41, 5.74) is 1.36. The van der Waals surface area contributed by atoms with E-state index in [0.29, 0.717) is 18.0 Å². The highest BCUT2D eigenvalue weighted by Crippen LogP contribution is 2.24. The normalized spacial score (nSPS) is 10.5. The Balaban J connectivity index is 0.00000114. The Morgan fingerprint density at radius 1 is 1.26 bits per heavy atom. The molecule has 0 radical (unpaired) electrons. The van der Waals surface area contributed by atoms with Crippen LogP contribution in [0.1, 0.15) is 43.9 Å². The molecule has 0 atom stereocenters. The van der Waals surface area contributed by atoms with Crippen LogP contribution >= 0.6 is 0 Å². The number of hydrogen-bond donors (Lipinski definition) is 1. The average Bonchev–Trinajstić information content (AvgIpc) is 2.96. The Kier molecular flexibility index (Phi) is 8.61. The lowest BCUT2D eigenvalue weighted by atomic mass is 10.0. The zero-order chi connectivity index (χ0) is 20.6. The maximum Gasteiger partial charge on any atom is 0.290 e. The van der Waals surface area contributed by atoms with Crippen molar-refractivity contribution in [3.8, 4) is 11.4 Å². The molecule has 1 amide bonds. The van der Waals surface area contributed by atoms with Gasteiger partial charge < -0.3 is 14.7 Å². The van der Waals surface area contributed by atoms with Gasteiger partial charge in [-0.3, -0.25) is 14.3 Å². The van der Waals surface area contributed by atoms with Crippen molar-refractivity contribution in [2.24, 2.45) is 7.05 Å².